The van der Waals surface area contributed by atoms with Gasteiger partial charge < -0.3 is 4.90 Å². The van der Waals surface area contributed by atoms with Gasteiger partial charge in [0.2, 0.25) is 5.69 Å². The van der Waals surface area contributed by atoms with E-state index in [1.807, 2.05) is 12.1 Å². The van der Waals surface area contributed by atoms with Crippen LogP contribution in [0.3, 0.4) is 0 Å². The minimum atomic E-state index is -0.186. The van der Waals surface area contributed by atoms with Crippen molar-refractivity contribution in [3.63, 3.8) is 0 Å². The van der Waals surface area contributed by atoms with Crippen LogP contribution in [0.5, 0.6) is 0 Å². The van der Waals surface area contributed by atoms with Gasteiger partial charge in [0.05, 0.1) is 10.4 Å². The summed E-state index contributed by atoms with van der Waals surface area (Å²) in [5.41, 5.74) is 11.5. The Morgan fingerprint density at radius 2 is 1.43 bits per heavy atom. The van der Waals surface area contributed by atoms with E-state index in [0.717, 1.165) is 63.3 Å². The van der Waals surface area contributed by atoms with Gasteiger partial charge in [0, 0.05) is 68.7 Å². The second-order valence-electron chi connectivity index (χ2n) is 13.0. The molecule has 0 fully saturated rings. The summed E-state index contributed by atoms with van der Waals surface area (Å²) in [5.74, 6) is 0. The molecule has 2 heterocycles. The Labute approximate surface area is 277 Å². The highest BCUT2D eigenvalue weighted by Gasteiger charge is 2.44. The third-order valence-corrected chi connectivity index (χ3v) is 10.3. The number of hydrogen-bond donors (Lipinski definition) is 0. The first-order valence-electron chi connectivity index (χ1n) is 15.6. The van der Waals surface area contributed by atoms with Crippen molar-refractivity contribution in [3.05, 3.63) is 128 Å². The van der Waals surface area contributed by atoms with E-state index in [2.05, 4.69) is 124 Å². The van der Waals surface area contributed by atoms with Crippen molar-refractivity contribution in [1.29, 1.82) is 0 Å². The SMILES string of the molecule is CCCN1C(=CC=C2C(Cl)=C(C=CC3=[N+](CCC)c4ccc(Cl)cc4C3(C)C)c3ccccc32)C(C)(C)c2cc(Cl)ccc21. The molecule has 0 unspecified atom stereocenters. The van der Waals surface area contributed by atoms with E-state index < -0.39 is 0 Å². The summed E-state index contributed by atoms with van der Waals surface area (Å²) in [4.78, 5) is 2.44. The molecule has 2 aliphatic heterocycles. The van der Waals surface area contributed by atoms with Crippen LogP contribution in [-0.2, 0) is 10.8 Å². The summed E-state index contributed by atoms with van der Waals surface area (Å²) < 4.78 is 2.44. The predicted molar refractivity (Wildman–Crippen MR) is 191 cm³/mol. The first kappa shape index (κ1) is 31.0. The molecule has 0 radical (unpaired) electrons. The lowest BCUT2D eigenvalue weighted by atomic mass is 9.81. The Morgan fingerprint density at radius 3 is 2.14 bits per heavy atom. The molecular weight excluding hydrogens is 603 g/mol. The number of anilines is 1. The Morgan fingerprint density at radius 1 is 0.750 bits per heavy atom. The summed E-state index contributed by atoms with van der Waals surface area (Å²) in [5, 5.41) is 2.32. The molecule has 0 spiro atoms. The van der Waals surface area contributed by atoms with E-state index in [1.54, 1.807) is 0 Å². The molecule has 0 saturated heterocycles. The molecule has 3 aromatic rings. The zero-order valence-electron chi connectivity index (χ0n) is 26.4. The lowest BCUT2D eigenvalue weighted by molar-refractivity contribution is -0.437. The first-order valence-corrected chi connectivity index (χ1v) is 16.8. The summed E-state index contributed by atoms with van der Waals surface area (Å²) in [6.07, 6.45) is 11.0. The topological polar surface area (TPSA) is 6.25 Å². The number of nitrogens with zero attached hydrogens (tertiary/aromatic N) is 2. The van der Waals surface area contributed by atoms with Gasteiger partial charge in [0.1, 0.15) is 6.54 Å². The van der Waals surface area contributed by atoms with Gasteiger partial charge >= 0.3 is 0 Å². The molecule has 6 rings (SSSR count). The average molecular weight is 643 g/mol. The van der Waals surface area contributed by atoms with E-state index in [9.17, 15) is 0 Å². The molecule has 0 amide bonds. The molecule has 44 heavy (non-hydrogen) atoms. The molecule has 0 bridgehead atoms. The van der Waals surface area contributed by atoms with E-state index in [-0.39, 0.29) is 10.8 Å². The lowest BCUT2D eigenvalue weighted by Gasteiger charge is -2.26. The fourth-order valence-electron chi connectivity index (χ4n) is 7.21. The van der Waals surface area contributed by atoms with Crippen molar-refractivity contribution in [2.75, 3.05) is 18.0 Å². The number of halogens is 3. The molecule has 5 heteroatoms. The van der Waals surface area contributed by atoms with Gasteiger partial charge in [0.25, 0.3) is 0 Å². The highest BCUT2D eigenvalue weighted by atomic mass is 35.5. The zero-order chi connectivity index (χ0) is 31.4. The minimum absolute atomic E-state index is 0.186. The monoisotopic (exact) mass is 641 g/mol. The van der Waals surface area contributed by atoms with Gasteiger partial charge in [-0.05, 0) is 79.4 Å². The van der Waals surface area contributed by atoms with Crippen molar-refractivity contribution in [1.82, 2.24) is 0 Å². The number of hydrogen-bond acceptors (Lipinski definition) is 1. The maximum atomic E-state index is 7.30. The molecule has 3 aromatic carbocycles. The van der Waals surface area contributed by atoms with Crippen molar-refractivity contribution >= 4 is 63.0 Å². The maximum absolute atomic E-state index is 7.30. The minimum Gasteiger partial charge on any atom is -0.344 e. The van der Waals surface area contributed by atoms with E-state index in [4.69, 9.17) is 34.8 Å². The third-order valence-electron chi connectivity index (χ3n) is 9.40. The van der Waals surface area contributed by atoms with Crippen molar-refractivity contribution in [2.24, 2.45) is 0 Å². The van der Waals surface area contributed by atoms with E-state index in [0.29, 0.717) is 0 Å². The van der Waals surface area contributed by atoms with Gasteiger partial charge in [0.15, 0.2) is 5.71 Å². The second-order valence-corrected chi connectivity index (χ2v) is 14.3. The normalized spacial score (nSPS) is 20.0. The Kier molecular flexibility index (Phi) is 8.24. The molecule has 3 aliphatic rings. The van der Waals surface area contributed by atoms with Gasteiger partial charge in [-0.1, -0.05) is 92.8 Å². The van der Waals surface area contributed by atoms with E-state index in [1.165, 1.54) is 33.9 Å². The molecule has 2 nitrogen and oxygen atoms in total. The third kappa shape index (κ3) is 5.00. The highest BCUT2D eigenvalue weighted by molar-refractivity contribution is 6.42. The molecule has 0 N–H and O–H groups in total. The molecule has 1 aliphatic carbocycles. The van der Waals surface area contributed by atoms with Gasteiger partial charge in [-0.25, -0.2) is 0 Å². The largest absolute Gasteiger partial charge is 0.344 e. The second kappa shape index (κ2) is 11.7. The maximum Gasteiger partial charge on any atom is 0.209 e. The highest BCUT2D eigenvalue weighted by Crippen LogP contribution is 2.50. The molecule has 0 atom stereocenters. The molecular formula is C39H40Cl3N2+. The van der Waals surface area contributed by atoms with Crippen molar-refractivity contribution in [3.8, 4) is 0 Å². The first-order chi connectivity index (χ1) is 21.0. The average Bonchev–Trinajstić information content (AvgIpc) is 3.46. The van der Waals surface area contributed by atoms with Crippen LogP contribution in [0.25, 0.3) is 11.1 Å². The smallest absolute Gasteiger partial charge is 0.209 e. The number of allylic oxidation sites excluding steroid dienone is 8. The molecule has 0 saturated carbocycles. The van der Waals surface area contributed by atoms with Gasteiger partial charge in [-0.2, -0.15) is 4.58 Å². The Hall–Kier alpha value is -3.04. The van der Waals surface area contributed by atoms with Crippen LogP contribution in [-0.4, -0.2) is 23.4 Å². The summed E-state index contributed by atoms with van der Waals surface area (Å²) in [7, 11) is 0. The van der Waals surface area contributed by atoms with Crippen molar-refractivity contribution in [2.45, 2.75) is 65.2 Å². The predicted octanol–water partition coefficient (Wildman–Crippen LogP) is 11.5. The van der Waals surface area contributed by atoms with Crippen LogP contribution < -0.4 is 4.90 Å². The van der Waals surface area contributed by atoms with Crippen molar-refractivity contribution < 1.29 is 4.58 Å². The Bertz CT molecular complexity index is 1820. The van der Waals surface area contributed by atoms with Gasteiger partial charge in [-0.3, -0.25) is 0 Å². The van der Waals surface area contributed by atoms with Crippen LogP contribution in [0.4, 0.5) is 11.4 Å². The zero-order valence-corrected chi connectivity index (χ0v) is 28.7. The molecule has 0 aromatic heterocycles. The quantitative estimate of drug-likeness (QED) is 0.232. The van der Waals surface area contributed by atoms with Gasteiger partial charge in [-0.15, -0.1) is 0 Å². The summed E-state index contributed by atoms with van der Waals surface area (Å²) in [6, 6.07) is 21.1. The van der Waals surface area contributed by atoms with Crippen LogP contribution in [0, 0.1) is 0 Å². The fraction of sp³-hybridized carbons (Fsp3) is 0.308. The van der Waals surface area contributed by atoms with Crippen LogP contribution in [0.15, 0.2) is 95.7 Å². The Balaban J connectivity index is 1.44. The lowest BCUT2D eigenvalue weighted by Crippen LogP contribution is -2.27. The number of fused-ring (bicyclic) bond motifs is 3. The van der Waals surface area contributed by atoms with Crippen LogP contribution in [0.1, 0.15) is 76.6 Å². The number of benzene rings is 3. The fourth-order valence-corrected chi connectivity index (χ4v) is 7.88. The van der Waals surface area contributed by atoms with Crippen LogP contribution >= 0.6 is 34.8 Å². The standard InChI is InChI=1S/C39H40Cl3N2/c1-7-21-43-33-17-13-25(40)23-31(33)38(3,4)35(43)19-15-29-27-11-9-10-12-28(27)30(37(29)42)16-20-36-39(5,6)32-24-26(41)14-18-34(32)44(36)22-8-2/h9-20,23-24H,7-8,21-22H2,1-6H3/q+1. The molecule has 226 valence electrons. The summed E-state index contributed by atoms with van der Waals surface area (Å²) in [6.45, 7) is 15.5. The number of rotatable bonds is 7. The summed E-state index contributed by atoms with van der Waals surface area (Å²) >= 11 is 20.2. The van der Waals surface area contributed by atoms with Crippen LogP contribution in [0.2, 0.25) is 10.0 Å². The van der Waals surface area contributed by atoms with E-state index >= 15 is 0 Å².